The summed E-state index contributed by atoms with van der Waals surface area (Å²) in [4.78, 5) is 17.2. The first kappa shape index (κ1) is 20.4. The molecular weight excluding hydrogens is 390 g/mol. The Kier molecular flexibility index (Phi) is 5.58. The van der Waals surface area contributed by atoms with Crippen molar-refractivity contribution in [2.45, 2.75) is 26.8 Å². The highest BCUT2D eigenvalue weighted by molar-refractivity contribution is 5.92. The van der Waals surface area contributed by atoms with Gasteiger partial charge in [-0.15, -0.1) is 0 Å². The van der Waals surface area contributed by atoms with Crippen molar-refractivity contribution in [1.82, 2.24) is 24.6 Å². The molecule has 0 aliphatic carbocycles. The van der Waals surface area contributed by atoms with E-state index in [1.807, 2.05) is 91.7 Å². The van der Waals surface area contributed by atoms with Crippen LogP contribution in [0.4, 0.5) is 0 Å². The second-order valence-electron chi connectivity index (χ2n) is 7.54. The first-order valence-corrected chi connectivity index (χ1v) is 10.1. The fraction of sp³-hybridized carbons (Fsp3) is 0.208. The quantitative estimate of drug-likeness (QED) is 0.482. The van der Waals surface area contributed by atoms with Crippen molar-refractivity contribution < 1.29 is 9.32 Å². The van der Waals surface area contributed by atoms with Crippen molar-refractivity contribution in [3.05, 3.63) is 95.0 Å². The zero-order chi connectivity index (χ0) is 22.0. The van der Waals surface area contributed by atoms with Crippen LogP contribution in [0, 0.1) is 20.8 Å². The van der Waals surface area contributed by atoms with Gasteiger partial charge < -0.3 is 14.4 Å². The summed E-state index contributed by atoms with van der Waals surface area (Å²) in [5.41, 5.74) is 3.92. The summed E-state index contributed by atoms with van der Waals surface area (Å²) in [6.45, 7) is 5.86. The smallest absolute Gasteiger partial charge is 0.244 e. The summed E-state index contributed by atoms with van der Waals surface area (Å²) in [6.07, 6.45) is 6.97. The predicted molar refractivity (Wildman–Crippen MR) is 119 cm³/mol. The molecule has 0 saturated carbocycles. The lowest BCUT2D eigenvalue weighted by Gasteiger charge is -2.18. The predicted octanol–water partition coefficient (Wildman–Crippen LogP) is 4.04. The van der Waals surface area contributed by atoms with Crippen LogP contribution in [-0.2, 0) is 11.8 Å². The van der Waals surface area contributed by atoms with Gasteiger partial charge in [-0.05, 0) is 44.0 Å². The Morgan fingerprint density at radius 3 is 2.58 bits per heavy atom. The average Bonchev–Trinajstić information content (AvgIpc) is 3.44. The van der Waals surface area contributed by atoms with Crippen molar-refractivity contribution in [3.63, 3.8) is 0 Å². The Bertz CT molecular complexity index is 1230. The topological polar surface area (TPSA) is 77.9 Å². The van der Waals surface area contributed by atoms with Crippen LogP contribution in [0.3, 0.4) is 0 Å². The lowest BCUT2D eigenvalue weighted by Crippen LogP contribution is -2.29. The number of amides is 1. The molecule has 158 valence electrons. The van der Waals surface area contributed by atoms with E-state index in [9.17, 15) is 4.79 Å². The van der Waals surface area contributed by atoms with E-state index < -0.39 is 0 Å². The maximum absolute atomic E-state index is 12.8. The molecule has 3 aromatic heterocycles. The molecule has 0 spiro atoms. The normalized spacial score (nSPS) is 12.4. The largest absolute Gasteiger partial charge is 0.360 e. The molecule has 0 unspecified atom stereocenters. The lowest BCUT2D eigenvalue weighted by atomic mass is 10.1. The molecule has 0 saturated heterocycles. The summed E-state index contributed by atoms with van der Waals surface area (Å²) in [7, 11) is 1.92. The van der Waals surface area contributed by atoms with Gasteiger partial charge in [-0.3, -0.25) is 9.36 Å². The molecule has 4 rings (SSSR count). The van der Waals surface area contributed by atoms with Crippen LogP contribution in [0.1, 0.15) is 40.1 Å². The molecule has 0 fully saturated rings. The number of nitrogens with one attached hydrogen (secondary N) is 1. The van der Waals surface area contributed by atoms with Crippen LogP contribution in [0.2, 0.25) is 0 Å². The summed E-state index contributed by atoms with van der Waals surface area (Å²) in [5.74, 6) is 2.06. The fourth-order valence-electron chi connectivity index (χ4n) is 3.72. The van der Waals surface area contributed by atoms with Crippen molar-refractivity contribution in [3.8, 4) is 5.82 Å². The SMILES string of the molecule is Cc1cc(-n2c(C)cc(/C=C/C(=O)N[C@H](c3ccccc3)c3nccn3C)c2C)no1. The number of rotatable bonds is 6. The van der Waals surface area contributed by atoms with Gasteiger partial charge in [-0.2, -0.15) is 0 Å². The van der Waals surface area contributed by atoms with Crippen LogP contribution in [-0.4, -0.2) is 25.2 Å². The highest BCUT2D eigenvalue weighted by Gasteiger charge is 2.20. The number of benzene rings is 1. The fourth-order valence-corrected chi connectivity index (χ4v) is 3.72. The highest BCUT2D eigenvalue weighted by atomic mass is 16.5. The van der Waals surface area contributed by atoms with E-state index >= 15 is 0 Å². The van der Waals surface area contributed by atoms with E-state index in [1.54, 1.807) is 12.3 Å². The molecule has 0 aliphatic heterocycles. The third-order valence-corrected chi connectivity index (χ3v) is 5.27. The number of hydrogen-bond donors (Lipinski definition) is 1. The molecule has 31 heavy (non-hydrogen) atoms. The first-order valence-electron chi connectivity index (χ1n) is 10.1. The minimum Gasteiger partial charge on any atom is -0.360 e. The summed E-state index contributed by atoms with van der Waals surface area (Å²) in [5, 5.41) is 7.18. The average molecular weight is 415 g/mol. The van der Waals surface area contributed by atoms with Gasteiger partial charge >= 0.3 is 0 Å². The zero-order valence-electron chi connectivity index (χ0n) is 18.0. The Hall–Kier alpha value is -3.87. The standard InChI is InChI=1S/C24H25N5O2/c1-16-14-20(18(3)29(16)21-15-17(2)31-27-21)10-11-22(30)26-23(19-8-6-5-7-9-19)24-25-12-13-28(24)4/h5-15,23H,1-4H3,(H,26,30)/b11-10+/t23-/m1/s1. The van der Waals surface area contributed by atoms with E-state index in [0.29, 0.717) is 0 Å². The molecule has 0 aliphatic rings. The van der Waals surface area contributed by atoms with Crippen LogP contribution in [0.15, 0.2) is 65.5 Å². The van der Waals surface area contributed by atoms with Gasteiger partial charge in [0, 0.05) is 43.0 Å². The van der Waals surface area contributed by atoms with Crippen molar-refractivity contribution >= 4 is 12.0 Å². The highest BCUT2D eigenvalue weighted by Crippen LogP contribution is 2.23. The van der Waals surface area contributed by atoms with Gasteiger partial charge in [0.25, 0.3) is 0 Å². The third kappa shape index (κ3) is 4.21. The van der Waals surface area contributed by atoms with Gasteiger partial charge in [-0.1, -0.05) is 35.5 Å². The molecule has 0 bridgehead atoms. The van der Waals surface area contributed by atoms with Crippen LogP contribution < -0.4 is 5.32 Å². The monoisotopic (exact) mass is 415 g/mol. The first-order chi connectivity index (χ1) is 14.9. The van der Waals surface area contributed by atoms with Gasteiger partial charge in [0.05, 0.1) is 0 Å². The molecule has 1 N–H and O–H groups in total. The molecule has 0 radical (unpaired) electrons. The Labute approximate surface area is 181 Å². The molecular formula is C24H25N5O2. The number of aromatic nitrogens is 4. The molecule has 1 amide bonds. The Morgan fingerprint density at radius 2 is 1.94 bits per heavy atom. The molecule has 1 aromatic carbocycles. The molecule has 4 aromatic rings. The molecule has 1 atom stereocenters. The van der Waals surface area contributed by atoms with Gasteiger partial charge in [0.15, 0.2) is 5.82 Å². The van der Waals surface area contributed by atoms with Crippen molar-refractivity contribution in [2.75, 3.05) is 0 Å². The van der Waals surface area contributed by atoms with Crippen molar-refractivity contribution in [1.29, 1.82) is 0 Å². The number of hydrogen-bond acceptors (Lipinski definition) is 4. The van der Waals surface area contributed by atoms with E-state index in [2.05, 4.69) is 15.5 Å². The number of aryl methyl sites for hydroxylation is 3. The minimum atomic E-state index is -0.344. The maximum Gasteiger partial charge on any atom is 0.244 e. The summed E-state index contributed by atoms with van der Waals surface area (Å²) < 4.78 is 9.13. The Morgan fingerprint density at radius 1 is 1.16 bits per heavy atom. The van der Waals surface area contributed by atoms with E-state index in [0.717, 1.165) is 39.9 Å². The lowest BCUT2D eigenvalue weighted by molar-refractivity contribution is -0.117. The van der Waals surface area contributed by atoms with E-state index in [1.165, 1.54) is 0 Å². The van der Waals surface area contributed by atoms with Crippen LogP contribution in [0.25, 0.3) is 11.9 Å². The van der Waals surface area contributed by atoms with Gasteiger partial charge in [0.2, 0.25) is 5.91 Å². The number of nitrogens with zero attached hydrogens (tertiary/aromatic N) is 4. The van der Waals surface area contributed by atoms with Gasteiger partial charge in [0.1, 0.15) is 17.6 Å². The summed E-state index contributed by atoms with van der Waals surface area (Å²) in [6, 6.07) is 13.4. The zero-order valence-corrected chi connectivity index (χ0v) is 18.0. The van der Waals surface area contributed by atoms with Crippen LogP contribution in [0.5, 0.6) is 0 Å². The number of imidazole rings is 1. The second kappa shape index (κ2) is 8.47. The van der Waals surface area contributed by atoms with Crippen molar-refractivity contribution in [2.24, 2.45) is 7.05 Å². The van der Waals surface area contributed by atoms with E-state index in [-0.39, 0.29) is 11.9 Å². The summed E-state index contributed by atoms with van der Waals surface area (Å²) >= 11 is 0. The van der Waals surface area contributed by atoms with Crippen LogP contribution >= 0.6 is 0 Å². The second-order valence-corrected chi connectivity index (χ2v) is 7.54. The molecule has 3 heterocycles. The number of carbonyl (C=O) groups excluding carboxylic acids is 1. The maximum atomic E-state index is 12.8. The minimum absolute atomic E-state index is 0.195. The Balaban J connectivity index is 1.57. The third-order valence-electron chi connectivity index (χ3n) is 5.27. The van der Waals surface area contributed by atoms with Gasteiger partial charge in [-0.25, -0.2) is 4.98 Å². The molecule has 7 nitrogen and oxygen atoms in total. The number of carbonyl (C=O) groups is 1. The molecule has 7 heteroatoms. The van der Waals surface area contributed by atoms with E-state index in [4.69, 9.17) is 4.52 Å².